The highest BCUT2D eigenvalue weighted by Crippen LogP contribution is 2.37. The SMILES string of the molecule is O=C1S/C(=C/c2ccc(OCc3ccc4ccccc4c3)c(Br)c2)C(=O)N1c1ccc(Cl)cc1. The maximum absolute atomic E-state index is 12.9. The van der Waals surface area contributed by atoms with Crippen LogP contribution in [-0.2, 0) is 11.4 Å². The highest BCUT2D eigenvalue weighted by Gasteiger charge is 2.36. The molecule has 0 aliphatic carbocycles. The Morgan fingerprint density at radius 2 is 1.68 bits per heavy atom. The summed E-state index contributed by atoms with van der Waals surface area (Å²) in [4.78, 5) is 26.8. The molecule has 0 atom stereocenters. The van der Waals surface area contributed by atoms with E-state index in [2.05, 4.69) is 46.3 Å². The smallest absolute Gasteiger partial charge is 0.298 e. The molecule has 1 aliphatic rings. The minimum atomic E-state index is -0.356. The van der Waals surface area contributed by atoms with Crippen LogP contribution in [0.5, 0.6) is 5.75 Å². The lowest BCUT2D eigenvalue weighted by Crippen LogP contribution is -2.27. The normalized spacial score (nSPS) is 14.9. The number of rotatable bonds is 5. The highest BCUT2D eigenvalue weighted by atomic mass is 79.9. The van der Waals surface area contributed by atoms with Crippen LogP contribution in [0, 0.1) is 0 Å². The molecular weight excluding hydrogens is 534 g/mol. The fourth-order valence-electron chi connectivity index (χ4n) is 3.65. The van der Waals surface area contributed by atoms with Gasteiger partial charge in [0.15, 0.2) is 0 Å². The van der Waals surface area contributed by atoms with Gasteiger partial charge in [-0.1, -0.05) is 54.1 Å². The Balaban J connectivity index is 1.30. The Labute approximate surface area is 214 Å². The van der Waals surface area contributed by atoms with Crippen LogP contribution in [0.25, 0.3) is 16.8 Å². The average Bonchev–Trinajstić information content (AvgIpc) is 3.11. The molecule has 4 aromatic rings. The fourth-order valence-corrected chi connectivity index (χ4v) is 5.12. The molecule has 7 heteroatoms. The number of anilines is 1. The second-order valence-electron chi connectivity index (χ2n) is 7.65. The summed E-state index contributed by atoms with van der Waals surface area (Å²) in [5.74, 6) is 0.338. The van der Waals surface area contributed by atoms with Gasteiger partial charge in [-0.05, 0) is 98.1 Å². The second kappa shape index (κ2) is 9.66. The first-order valence-corrected chi connectivity index (χ1v) is 12.4. The fraction of sp³-hybridized carbons (Fsp3) is 0.0370. The molecule has 0 saturated carbocycles. The highest BCUT2D eigenvalue weighted by molar-refractivity contribution is 9.10. The van der Waals surface area contributed by atoms with Crippen molar-refractivity contribution in [1.82, 2.24) is 0 Å². The summed E-state index contributed by atoms with van der Waals surface area (Å²) < 4.78 is 6.77. The van der Waals surface area contributed by atoms with E-state index in [1.165, 1.54) is 10.8 Å². The topological polar surface area (TPSA) is 46.6 Å². The Kier molecular flexibility index (Phi) is 6.46. The molecule has 1 saturated heterocycles. The third-order valence-electron chi connectivity index (χ3n) is 5.34. The van der Waals surface area contributed by atoms with Gasteiger partial charge < -0.3 is 4.74 Å². The predicted molar refractivity (Wildman–Crippen MR) is 142 cm³/mol. The average molecular weight is 551 g/mol. The lowest BCUT2D eigenvalue weighted by atomic mass is 10.1. The quantitative estimate of drug-likeness (QED) is 0.236. The molecular formula is C27H17BrClNO3S. The molecule has 1 fully saturated rings. The zero-order valence-corrected chi connectivity index (χ0v) is 20.9. The first kappa shape index (κ1) is 22.7. The van der Waals surface area contributed by atoms with Crippen LogP contribution in [0.4, 0.5) is 10.5 Å². The van der Waals surface area contributed by atoms with Crippen molar-refractivity contribution in [2.45, 2.75) is 6.61 Å². The minimum absolute atomic E-state index is 0.340. The molecule has 1 aliphatic heterocycles. The van der Waals surface area contributed by atoms with Crippen LogP contribution in [0.3, 0.4) is 0 Å². The maximum Gasteiger partial charge on any atom is 0.298 e. The van der Waals surface area contributed by atoms with Crippen LogP contribution in [0.2, 0.25) is 5.02 Å². The van der Waals surface area contributed by atoms with E-state index in [-0.39, 0.29) is 11.1 Å². The molecule has 1 heterocycles. The van der Waals surface area contributed by atoms with E-state index in [1.54, 1.807) is 30.3 Å². The lowest BCUT2D eigenvalue weighted by Gasteiger charge is -2.12. The molecule has 0 aromatic heterocycles. The minimum Gasteiger partial charge on any atom is -0.488 e. The van der Waals surface area contributed by atoms with Crippen LogP contribution in [0.1, 0.15) is 11.1 Å². The molecule has 34 heavy (non-hydrogen) atoms. The summed E-state index contributed by atoms with van der Waals surface area (Å²) >= 11 is 10.4. The van der Waals surface area contributed by atoms with Crippen molar-refractivity contribution in [3.8, 4) is 5.75 Å². The van der Waals surface area contributed by atoms with Gasteiger partial charge in [-0.15, -0.1) is 0 Å². The van der Waals surface area contributed by atoms with E-state index in [4.69, 9.17) is 16.3 Å². The monoisotopic (exact) mass is 549 g/mol. The van der Waals surface area contributed by atoms with Crippen LogP contribution in [0.15, 0.2) is 94.3 Å². The number of amides is 2. The Hall–Kier alpha value is -3.06. The number of hydrogen-bond donors (Lipinski definition) is 0. The Morgan fingerprint density at radius 1 is 0.912 bits per heavy atom. The molecule has 0 unspecified atom stereocenters. The van der Waals surface area contributed by atoms with Crippen molar-refractivity contribution < 1.29 is 14.3 Å². The number of hydrogen-bond acceptors (Lipinski definition) is 4. The van der Waals surface area contributed by atoms with E-state index >= 15 is 0 Å². The van der Waals surface area contributed by atoms with Gasteiger partial charge >= 0.3 is 0 Å². The zero-order chi connectivity index (χ0) is 23.7. The summed E-state index contributed by atoms with van der Waals surface area (Å²) in [6, 6.07) is 26.6. The predicted octanol–water partition coefficient (Wildman–Crippen LogP) is 8.08. The number of thioether (sulfide) groups is 1. The summed E-state index contributed by atoms with van der Waals surface area (Å²) in [6.07, 6.45) is 1.71. The van der Waals surface area contributed by atoms with Crippen molar-refractivity contribution in [3.63, 3.8) is 0 Å². The van der Waals surface area contributed by atoms with E-state index in [0.717, 1.165) is 32.3 Å². The number of ether oxygens (including phenoxy) is 1. The summed E-state index contributed by atoms with van der Waals surface area (Å²) in [6.45, 7) is 0.433. The number of carbonyl (C=O) groups excluding carboxylic acids is 2. The van der Waals surface area contributed by atoms with Gasteiger partial charge in [0.1, 0.15) is 12.4 Å². The first-order valence-electron chi connectivity index (χ1n) is 10.4. The molecule has 5 rings (SSSR count). The van der Waals surface area contributed by atoms with Gasteiger partial charge in [-0.25, -0.2) is 4.90 Å². The molecule has 0 spiro atoms. The van der Waals surface area contributed by atoms with Crippen molar-refractivity contribution in [1.29, 1.82) is 0 Å². The van der Waals surface area contributed by atoms with Crippen molar-refractivity contribution >= 4 is 73.0 Å². The Bertz CT molecular complexity index is 1450. The van der Waals surface area contributed by atoms with Crippen molar-refractivity contribution in [3.05, 3.63) is 110 Å². The van der Waals surface area contributed by atoms with Crippen molar-refractivity contribution in [2.75, 3.05) is 4.90 Å². The van der Waals surface area contributed by atoms with Gasteiger partial charge in [-0.2, -0.15) is 0 Å². The molecule has 2 amide bonds. The number of imide groups is 1. The number of nitrogens with zero attached hydrogens (tertiary/aromatic N) is 1. The molecule has 0 N–H and O–H groups in total. The van der Waals surface area contributed by atoms with Gasteiger partial charge in [0.2, 0.25) is 0 Å². The summed E-state index contributed by atoms with van der Waals surface area (Å²) in [5, 5.41) is 2.56. The van der Waals surface area contributed by atoms with Crippen LogP contribution in [-0.4, -0.2) is 11.1 Å². The van der Waals surface area contributed by atoms with Gasteiger partial charge in [-0.3, -0.25) is 9.59 Å². The summed E-state index contributed by atoms with van der Waals surface area (Å²) in [7, 11) is 0. The van der Waals surface area contributed by atoms with Gasteiger partial charge in [0, 0.05) is 5.02 Å². The number of halogens is 2. The third-order valence-corrected chi connectivity index (χ3v) is 7.08. The number of benzene rings is 4. The lowest BCUT2D eigenvalue weighted by molar-refractivity contribution is -0.113. The number of carbonyl (C=O) groups is 2. The van der Waals surface area contributed by atoms with Crippen LogP contribution < -0.4 is 9.64 Å². The Morgan fingerprint density at radius 3 is 2.44 bits per heavy atom. The van der Waals surface area contributed by atoms with E-state index in [9.17, 15) is 9.59 Å². The molecule has 4 nitrogen and oxygen atoms in total. The molecule has 4 aromatic carbocycles. The van der Waals surface area contributed by atoms with Crippen molar-refractivity contribution in [2.24, 2.45) is 0 Å². The zero-order valence-electron chi connectivity index (χ0n) is 17.7. The van der Waals surface area contributed by atoms with E-state index in [0.29, 0.717) is 28.0 Å². The largest absolute Gasteiger partial charge is 0.488 e. The standard InChI is InChI=1S/C27H17BrClNO3S/c28-23-14-17(15-25-26(31)30(27(32)34-25)22-10-8-21(29)9-11-22)6-12-24(23)33-16-18-5-7-19-3-1-2-4-20(19)13-18/h1-15H,16H2/b25-15+. The first-order chi connectivity index (χ1) is 16.5. The van der Waals surface area contributed by atoms with Gasteiger partial charge in [0.25, 0.3) is 11.1 Å². The molecule has 0 bridgehead atoms. The molecule has 0 radical (unpaired) electrons. The maximum atomic E-state index is 12.9. The molecule has 168 valence electrons. The number of fused-ring (bicyclic) bond motifs is 1. The third kappa shape index (κ3) is 4.75. The van der Waals surface area contributed by atoms with Gasteiger partial charge in [0.05, 0.1) is 15.1 Å². The van der Waals surface area contributed by atoms with E-state index < -0.39 is 0 Å². The van der Waals surface area contributed by atoms with Crippen LogP contribution >= 0.6 is 39.3 Å². The second-order valence-corrected chi connectivity index (χ2v) is 9.94. The van der Waals surface area contributed by atoms with E-state index in [1.807, 2.05) is 30.3 Å². The summed E-state index contributed by atoms with van der Waals surface area (Å²) in [5.41, 5.74) is 2.35.